The molecule has 0 saturated heterocycles. The van der Waals surface area contributed by atoms with E-state index in [4.69, 9.17) is 4.74 Å². The molecule has 0 aliphatic heterocycles. The highest BCUT2D eigenvalue weighted by molar-refractivity contribution is 5.84. The van der Waals surface area contributed by atoms with E-state index in [-0.39, 0.29) is 5.69 Å². The smallest absolute Gasteiger partial charge is 0.269 e. The zero-order chi connectivity index (χ0) is 19.1. The van der Waals surface area contributed by atoms with E-state index in [1.54, 1.807) is 18.3 Å². The number of hydrogen-bond acceptors (Lipinski definition) is 5. The van der Waals surface area contributed by atoms with Crippen LogP contribution in [0.25, 0.3) is 0 Å². The minimum atomic E-state index is -0.435. The quantitative estimate of drug-likeness (QED) is 0.368. The van der Waals surface area contributed by atoms with Gasteiger partial charge in [-0.2, -0.15) is 5.10 Å². The summed E-state index contributed by atoms with van der Waals surface area (Å²) in [6.07, 6.45) is 1.66. The Kier molecular flexibility index (Phi) is 5.79. The Morgan fingerprint density at radius 3 is 2.48 bits per heavy atom. The molecule has 1 N–H and O–H groups in total. The molecule has 3 rings (SSSR count). The summed E-state index contributed by atoms with van der Waals surface area (Å²) in [6.45, 7) is 2.54. The highest BCUT2D eigenvalue weighted by atomic mass is 16.6. The molecule has 0 aromatic heterocycles. The second-order valence-corrected chi connectivity index (χ2v) is 5.93. The minimum absolute atomic E-state index is 0.0412. The number of nitrogens with zero attached hydrogens (tertiary/aromatic N) is 2. The van der Waals surface area contributed by atoms with Crippen molar-refractivity contribution in [3.05, 3.63) is 99.6 Å². The number of hydrogen-bond donors (Lipinski definition) is 1. The van der Waals surface area contributed by atoms with Crippen molar-refractivity contribution in [1.82, 2.24) is 0 Å². The third kappa shape index (κ3) is 4.92. The lowest BCUT2D eigenvalue weighted by molar-refractivity contribution is -0.384. The van der Waals surface area contributed by atoms with Crippen LogP contribution in [0.3, 0.4) is 0 Å². The summed E-state index contributed by atoms with van der Waals surface area (Å²) in [5.41, 5.74) is 6.71. The Bertz CT molecular complexity index is 953. The molecule has 6 heteroatoms. The zero-order valence-electron chi connectivity index (χ0n) is 14.8. The molecule has 136 valence electrons. The van der Waals surface area contributed by atoms with Crippen molar-refractivity contribution in [1.29, 1.82) is 0 Å². The van der Waals surface area contributed by atoms with Crippen LogP contribution < -0.4 is 10.2 Å². The van der Waals surface area contributed by atoms with Crippen molar-refractivity contribution in [3.8, 4) is 5.75 Å². The lowest BCUT2D eigenvalue weighted by atomic mass is 10.1. The molecular formula is C21H19N3O3. The number of ether oxygens (including phenoxy) is 1. The number of nitro groups is 1. The lowest BCUT2D eigenvalue weighted by Crippen LogP contribution is -2.00. The predicted octanol–water partition coefficient (Wildman–Crippen LogP) is 4.93. The van der Waals surface area contributed by atoms with Gasteiger partial charge in [0.1, 0.15) is 12.4 Å². The first-order chi connectivity index (χ1) is 13.1. The third-order valence-electron chi connectivity index (χ3n) is 4.04. The van der Waals surface area contributed by atoms with Gasteiger partial charge in [-0.1, -0.05) is 36.4 Å². The van der Waals surface area contributed by atoms with Crippen molar-refractivity contribution in [2.24, 2.45) is 5.10 Å². The molecule has 0 saturated carbocycles. The average molecular weight is 361 g/mol. The Balaban J connectivity index is 1.65. The van der Waals surface area contributed by atoms with Crippen LogP contribution in [0.1, 0.15) is 16.7 Å². The van der Waals surface area contributed by atoms with E-state index in [1.807, 2.05) is 42.5 Å². The molecule has 27 heavy (non-hydrogen) atoms. The minimum Gasteiger partial charge on any atom is -0.488 e. The normalized spacial score (nSPS) is 10.7. The molecule has 0 aliphatic carbocycles. The van der Waals surface area contributed by atoms with E-state index in [0.29, 0.717) is 12.3 Å². The topological polar surface area (TPSA) is 76.8 Å². The van der Waals surface area contributed by atoms with E-state index in [1.165, 1.54) is 17.7 Å². The Morgan fingerprint density at radius 1 is 1.04 bits per heavy atom. The van der Waals surface area contributed by atoms with Crippen LogP contribution in [-0.2, 0) is 6.61 Å². The summed E-state index contributed by atoms with van der Waals surface area (Å²) in [7, 11) is 0. The van der Waals surface area contributed by atoms with E-state index in [9.17, 15) is 10.1 Å². The second-order valence-electron chi connectivity index (χ2n) is 5.93. The van der Waals surface area contributed by atoms with Gasteiger partial charge in [0, 0.05) is 17.7 Å². The molecule has 0 fully saturated rings. The SMILES string of the molecule is Cc1ccccc1COc1ccccc1C=NNc1ccc([N+](=O)[O-])cc1. The molecule has 0 aliphatic rings. The van der Waals surface area contributed by atoms with Gasteiger partial charge in [0.15, 0.2) is 0 Å². The zero-order valence-corrected chi connectivity index (χ0v) is 14.8. The number of non-ortho nitro benzene ring substituents is 1. The summed E-state index contributed by atoms with van der Waals surface area (Å²) >= 11 is 0. The van der Waals surface area contributed by atoms with Crippen molar-refractivity contribution in [2.75, 3.05) is 5.43 Å². The summed E-state index contributed by atoms with van der Waals surface area (Å²) < 4.78 is 5.95. The lowest BCUT2D eigenvalue weighted by Gasteiger charge is -2.10. The number of para-hydroxylation sites is 1. The fraction of sp³-hybridized carbons (Fsp3) is 0.0952. The van der Waals surface area contributed by atoms with Gasteiger partial charge in [0.2, 0.25) is 0 Å². The standard InChI is InChI=1S/C21H19N3O3/c1-16-6-2-3-8-18(16)15-27-21-9-5-4-7-17(21)14-22-23-19-10-12-20(13-11-19)24(25)26/h2-14,23H,15H2,1H3. The predicted molar refractivity (Wildman–Crippen MR) is 106 cm³/mol. The van der Waals surface area contributed by atoms with Gasteiger partial charge < -0.3 is 4.74 Å². The van der Waals surface area contributed by atoms with Gasteiger partial charge in [-0.15, -0.1) is 0 Å². The molecule has 0 amide bonds. The monoisotopic (exact) mass is 361 g/mol. The number of rotatable bonds is 7. The van der Waals surface area contributed by atoms with Gasteiger partial charge >= 0.3 is 0 Å². The van der Waals surface area contributed by atoms with Gasteiger partial charge in [-0.05, 0) is 42.3 Å². The maximum absolute atomic E-state index is 10.7. The second kappa shape index (κ2) is 8.62. The molecule has 3 aromatic carbocycles. The van der Waals surface area contributed by atoms with Crippen LogP contribution in [0.4, 0.5) is 11.4 Å². The van der Waals surface area contributed by atoms with Gasteiger partial charge in [0.05, 0.1) is 16.8 Å². The van der Waals surface area contributed by atoms with Crippen molar-refractivity contribution >= 4 is 17.6 Å². The highest BCUT2D eigenvalue weighted by Gasteiger charge is 2.04. The number of anilines is 1. The molecule has 0 heterocycles. The van der Waals surface area contributed by atoms with E-state index < -0.39 is 4.92 Å². The summed E-state index contributed by atoms with van der Waals surface area (Å²) in [5.74, 6) is 0.731. The van der Waals surface area contributed by atoms with Crippen LogP contribution >= 0.6 is 0 Å². The Hall–Kier alpha value is -3.67. The molecular weight excluding hydrogens is 342 g/mol. The largest absolute Gasteiger partial charge is 0.488 e. The fourth-order valence-electron chi connectivity index (χ4n) is 2.48. The van der Waals surface area contributed by atoms with Crippen LogP contribution in [-0.4, -0.2) is 11.1 Å². The van der Waals surface area contributed by atoms with E-state index >= 15 is 0 Å². The molecule has 0 unspecified atom stereocenters. The number of benzene rings is 3. The maximum Gasteiger partial charge on any atom is 0.269 e. The molecule has 0 spiro atoms. The molecule has 3 aromatic rings. The van der Waals surface area contributed by atoms with E-state index in [2.05, 4.69) is 23.5 Å². The van der Waals surface area contributed by atoms with Crippen molar-refractivity contribution in [3.63, 3.8) is 0 Å². The molecule has 0 bridgehead atoms. The van der Waals surface area contributed by atoms with Crippen LogP contribution in [0.5, 0.6) is 5.75 Å². The number of nitro benzene ring substituents is 1. The van der Waals surface area contributed by atoms with Gasteiger partial charge in [0.25, 0.3) is 5.69 Å². The molecule has 0 radical (unpaired) electrons. The number of hydrazone groups is 1. The van der Waals surface area contributed by atoms with E-state index in [0.717, 1.165) is 16.9 Å². The first-order valence-corrected chi connectivity index (χ1v) is 8.43. The molecule has 0 atom stereocenters. The maximum atomic E-state index is 10.7. The van der Waals surface area contributed by atoms with Gasteiger partial charge in [-0.3, -0.25) is 15.5 Å². The third-order valence-corrected chi connectivity index (χ3v) is 4.04. The number of aryl methyl sites for hydroxylation is 1. The average Bonchev–Trinajstić information content (AvgIpc) is 2.69. The highest BCUT2D eigenvalue weighted by Crippen LogP contribution is 2.19. The van der Waals surface area contributed by atoms with Crippen LogP contribution in [0.2, 0.25) is 0 Å². The van der Waals surface area contributed by atoms with Crippen LogP contribution in [0, 0.1) is 17.0 Å². The summed E-state index contributed by atoms with van der Waals surface area (Å²) in [5, 5.41) is 14.9. The Morgan fingerprint density at radius 2 is 1.74 bits per heavy atom. The fourth-order valence-corrected chi connectivity index (χ4v) is 2.48. The van der Waals surface area contributed by atoms with Gasteiger partial charge in [-0.25, -0.2) is 0 Å². The summed E-state index contributed by atoms with van der Waals surface area (Å²) in [4.78, 5) is 10.2. The van der Waals surface area contributed by atoms with Crippen molar-refractivity contribution < 1.29 is 9.66 Å². The first-order valence-electron chi connectivity index (χ1n) is 8.43. The van der Waals surface area contributed by atoms with Crippen LogP contribution in [0.15, 0.2) is 77.9 Å². The number of nitrogens with one attached hydrogen (secondary N) is 1. The molecule has 6 nitrogen and oxygen atoms in total. The van der Waals surface area contributed by atoms with Crippen molar-refractivity contribution in [2.45, 2.75) is 13.5 Å². The summed E-state index contributed by atoms with van der Waals surface area (Å²) in [6, 6.07) is 21.8. The first kappa shape index (κ1) is 18.1. The Labute approximate surface area is 157 Å².